The van der Waals surface area contributed by atoms with Crippen LogP contribution in [-0.2, 0) is 0 Å². The van der Waals surface area contributed by atoms with E-state index in [1.54, 1.807) is 12.1 Å². The molecule has 2 rings (SSSR count). The summed E-state index contributed by atoms with van der Waals surface area (Å²) in [5.41, 5.74) is 6.84. The standard InChI is InChI=1S/C16H25FN2O/c1-11(12-7-8-16(20-3)14(17)9-12)19(2)15-6-4-5-13(15)10-18/h7-9,11,13,15H,4-6,10,18H2,1-3H3. The molecule has 1 aliphatic rings. The van der Waals surface area contributed by atoms with E-state index in [0.717, 1.165) is 12.1 Å². The second kappa shape index (κ2) is 6.55. The Morgan fingerprint density at radius 2 is 2.20 bits per heavy atom. The molecule has 112 valence electrons. The summed E-state index contributed by atoms with van der Waals surface area (Å²) in [6.45, 7) is 2.85. The number of methoxy groups -OCH3 is 1. The van der Waals surface area contributed by atoms with Gasteiger partial charge in [-0.2, -0.15) is 0 Å². The van der Waals surface area contributed by atoms with Gasteiger partial charge in [0, 0.05) is 12.1 Å². The first-order chi connectivity index (χ1) is 9.58. The average Bonchev–Trinajstić information content (AvgIpc) is 2.94. The SMILES string of the molecule is COc1ccc(C(C)N(C)C2CCCC2CN)cc1F. The molecule has 1 aromatic carbocycles. The number of nitrogens with zero attached hydrogens (tertiary/aromatic N) is 1. The molecule has 3 unspecified atom stereocenters. The van der Waals surface area contributed by atoms with E-state index in [1.165, 1.54) is 26.4 Å². The molecular formula is C16H25FN2O. The molecule has 0 bridgehead atoms. The predicted octanol–water partition coefficient (Wildman–Crippen LogP) is 2.95. The van der Waals surface area contributed by atoms with Gasteiger partial charge in [0.25, 0.3) is 0 Å². The van der Waals surface area contributed by atoms with Crippen LogP contribution in [0.2, 0.25) is 0 Å². The van der Waals surface area contributed by atoms with Crippen molar-refractivity contribution in [1.82, 2.24) is 4.90 Å². The van der Waals surface area contributed by atoms with E-state index in [1.807, 2.05) is 6.07 Å². The number of hydrogen-bond donors (Lipinski definition) is 1. The van der Waals surface area contributed by atoms with Crippen LogP contribution in [0.1, 0.15) is 37.8 Å². The number of rotatable bonds is 5. The normalized spacial score (nSPS) is 24.1. The fourth-order valence-corrected chi connectivity index (χ4v) is 3.29. The fraction of sp³-hybridized carbons (Fsp3) is 0.625. The van der Waals surface area contributed by atoms with Crippen molar-refractivity contribution in [2.24, 2.45) is 11.7 Å². The molecule has 0 amide bonds. The Morgan fingerprint density at radius 1 is 1.45 bits per heavy atom. The van der Waals surface area contributed by atoms with Crippen molar-refractivity contribution in [3.8, 4) is 5.75 Å². The lowest BCUT2D eigenvalue weighted by atomic mass is 9.99. The maximum absolute atomic E-state index is 13.8. The second-order valence-electron chi connectivity index (χ2n) is 5.73. The van der Waals surface area contributed by atoms with E-state index < -0.39 is 0 Å². The minimum absolute atomic E-state index is 0.174. The summed E-state index contributed by atoms with van der Waals surface area (Å²) in [6.07, 6.45) is 3.62. The van der Waals surface area contributed by atoms with Crippen molar-refractivity contribution in [3.63, 3.8) is 0 Å². The third-order valence-corrected chi connectivity index (χ3v) is 4.71. The molecule has 20 heavy (non-hydrogen) atoms. The van der Waals surface area contributed by atoms with Crippen LogP contribution in [0.4, 0.5) is 4.39 Å². The van der Waals surface area contributed by atoms with Crippen LogP contribution in [0.15, 0.2) is 18.2 Å². The lowest BCUT2D eigenvalue weighted by Gasteiger charge is -2.34. The number of ether oxygens (including phenoxy) is 1. The third kappa shape index (κ3) is 2.96. The Labute approximate surface area is 120 Å². The lowest BCUT2D eigenvalue weighted by Crippen LogP contribution is -2.39. The second-order valence-corrected chi connectivity index (χ2v) is 5.73. The van der Waals surface area contributed by atoms with Crippen LogP contribution in [-0.4, -0.2) is 31.6 Å². The van der Waals surface area contributed by atoms with Crippen LogP contribution in [0.25, 0.3) is 0 Å². The summed E-state index contributed by atoms with van der Waals surface area (Å²) in [7, 11) is 3.60. The maximum Gasteiger partial charge on any atom is 0.165 e. The van der Waals surface area contributed by atoms with Crippen molar-refractivity contribution < 1.29 is 9.13 Å². The zero-order valence-electron chi connectivity index (χ0n) is 12.6. The first kappa shape index (κ1) is 15.3. The monoisotopic (exact) mass is 280 g/mol. The molecule has 2 N–H and O–H groups in total. The molecule has 0 radical (unpaired) electrons. The molecule has 0 heterocycles. The minimum atomic E-state index is -0.299. The summed E-state index contributed by atoms with van der Waals surface area (Å²) in [5.74, 6) is 0.557. The molecule has 4 heteroatoms. The van der Waals surface area contributed by atoms with Gasteiger partial charge in [0.15, 0.2) is 11.6 Å². The van der Waals surface area contributed by atoms with Crippen LogP contribution in [0.3, 0.4) is 0 Å². The summed E-state index contributed by atoms with van der Waals surface area (Å²) >= 11 is 0. The van der Waals surface area contributed by atoms with Gasteiger partial charge in [-0.1, -0.05) is 12.5 Å². The number of hydrogen-bond acceptors (Lipinski definition) is 3. The topological polar surface area (TPSA) is 38.5 Å². The van der Waals surface area contributed by atoms with Crippen molar-refractivity contribution in [2.45, 2.75) is 38.3 Å². The van der Waals surface area contributed by atoms with Gasteiger partial charge >= 0.3 is 0 Å². The summed E-state index contributed by atoms with van der Waals surface area (Å²) < 4.78 is 18.8. The molecule has 0 aliphatic heterocycles. The van der Waals surface area contributed by atoms with Crippen LogP contribution in [0, 0.1) is 11.7 Å². The fourth-order valence-electron chi connectivity index (χ4n) is 3.29. The van der Waals surface area contributed by atoms with E-state index in [4.69, 9.17) is 10.5 Å². The van der Waals surface area contributed by atoms with Crippen molar-refractivity contribution in [2.75, 3.05) is 20.7 Å². The van der Waals surface area contributed by atoms with Gasteiger partial charge in [-0.05, 0) is 57.0 Å². The van der Waals surface area contributed by atoms with E-state index >= 15 is 0 Å². The summed E-state index contributed by atoms with van der Waals surface area (Å²) in [4.78, 5) is 2.34. The Morgan fingerprint density at radius 3 is 2.80 bits per heavy atom. The van der Waals surface area contributed by atoms with Gasteiger partial charge < -0.3 is 10.5 Å². The lowest BCUT2D eigenvalue weighted by molar-refractivity contribution is 0.152. The number of halogens is 1. The highest BCUT2D eigenvalue weighted by atomic mass is 19.1. The van der Waals surface area contributed by atoms with E-state index in [2.05, 4.69) is 18.9 Å². The quantitative estimate of drug-likeness (QED) is 0.901. The number of nitrogens with two attached hydrogens (primary N) is 1. The van der Waals surface area contributed by atoms with Crippen molar-refractivity contribution >= 4 is 0 Å². The van der Waals surface area contributed by atoms with Crippen LogP contribution in [0.5, 0.6) is 5.75 Å². The van der Waals surface area contributed by atoms with Gasteiger partial charge in [-0.25, -0.2) is 4.39 Å². The molecular weight excluding hydrogens is 255 g/mol. The van der Waals surface area contributed by atoms with Gasteiger partial charge in [-0.15, -0.1) is 0 Å². The van der Waals surface area contributed by atoms with Crippen LogP contribution >= 0.6 is 0 Å². The Kier molecular flexibility index (Phi) is 5.00. The molecule has 1 saturated carbocycles. The van der Waals surface area contributed by atoms with Crippen molar-refractivity contribution in [1.29, 1.82) is 0 Å². The highest BCUT2D eigenvalue weighted by Gasteiger charge is 2.31. The zero-order chi connectivity index (χ0) is 14.7. The third-order valence-electron chi connectivity index (χ3n) is 4.71. The Balaban J connectivity index is 2.13. The van der Waals surface area contributed by atoms with Gasteiger partial charge in [-0.3, -0.25) is 4.90 Å². The minimum Gasteiger partial charge on any atom is -0.494 e. The van der Waals surface area contributed by atoms with E-state index in [-0.39, 0.29) is 11.9 Å². The predicted molar refractivity (Wildman–Crippen MR) is 79.3 cm³/mol. The summed E-state index contributed by atoms with van der Waals surface area (Å²) in [6, 6.07) is 5.89. The van der Waals surface area contributed by atoms with Gasteiger partial charge in [0.05, 0.1) is 7.11 Å². The maximum atomic E-state index is 13.8. The highest BCUT2D eigenvalue weighted by Crippen LogP contribution is 2.34. The van der Waals surface area contributed by atoms with Gasteiger partial charge in [0.1, 0.15) is 0 Å². The van der Waals surface area contributed by atoms with Crippen molar-refractivity contribution in [3.05, 3.63) is 29.6 Å². The highest BCUT2D eigenvalue weighted by molar-refractivity contribution is 5.30. The molecule has 3 atom stereocenters. The number of benzene rings is 1. The molecule has 0 aromatic heterocycles. The molecule has 1 fully saturated rings. The van der Waals surface area contributed by atoms with Gasteiger partial charge in [0.2, 0.25) is 0 Å². The molecule has 0 spiro atoms. The molecule has 3 nitrogen and oxygen atoms in total. The first-order valence-electron chi connectivity index (χ1n) is 7.34. The molecule has 1 aromatic rings. The van der Waals surface area contributed by atoms with Crippen LogP contribution < -0.4 is 10.5 Å². The Hall–Kier alpha value is -1.13. The first-order valence-corrected chi connectivity index (χ1v) is 7.34. The molecule has 0 saturated heterocycles. The Bertz CT molecular complexity index is 452. The average molecular weight is 280 g/mol. The zero-order valence-corrected chi connectivity index (χ0v) is 12.6. The largest absolute Gasteiger partial charge is 0.494 e. The van der Waals surface area contributed by atoms with E-state index in [0.29, 0.717) is 17.7 Å². The summed E-state index contributed by atoms with van der Waals surface area (Å²) in [5, 5.41) is 0. The van der Waals surface area contributed by atoms with E-state index in [9.17, 15) is 4.39 Å². The smallest absolute Gasteiger partial charge is 0.165 e. The molecule has 1 aliphatic carbocycles.